The third kappa shape index (κ3) is 5.04. The van der Waals surface area contributed by atoms with E-state index in [2.05, 4.69) is 21.2 Å². The van der Waals surface area contributed by atoms with E-state index in [-0.39, 0.29) is 0 Å². The van der Waals surface area contributed by atoms with Crippen LogP contribution in [0.5, 0.6) is 0 Å². The van der Waals surface area contributed by atoms with Gasteiger partial charge in [0.25, 0.3) is 0 Å². The minimum atomic E-state index is -0.460. The summed E-state index contributed by atoms with van der Waals surface area (Å²) in [7, 11) is 0. The lowest BCUT2D eigenvalue weighted by atomic mass is 10.3. The normalized spacial score (nSPS) is 9.73. The first-order valence-electron chi connectivity index (χ1n) is 4.47. The molecular formula is C10H11BrClNO2. The Morgan fingerprint density at radius 3 is 3.00 bits per heavy atom. The van der Waals surface area contributed by atoms with Crippen molar-refractivity contribution in [1.82, 2.24) is 0 Å². The molecule has 5 heteroatoms. The highest BCUT2D eigenvalue weighted by atomic mass is 79.9. The van der Waals surface area contributed by atoms with E-state index in [1.165, 1.54) is 0 Å². The number of rotatable bonds is 4. The van der Waals surface area contributed by atoms with E-state index in [0.29, 0.717) is 17.3 Å². The molecule has 1 aromatic carbocycles. The number of hydrogen-bond donors (Lipinski definition) is 1. The van der Waals surface area contributed by atoms with Crippen molar-refractivity contribution in [1.29, 1.82) is 0 Å². The minimum absolute atomic E-state index is 0.400. The Morgan fingerprint density at radius 1 is 1.53 bits per heavy atom. The standard InChI is InChI=1S/C10H11BrClNO2/c11-5-2-6-15-10(14)13-9-4-1-3-8(12)7-9/h1,3-4,7H,2,5-6H2,(H,13,14). The van der Waals surface area contributed by atoms with E-state index in [1.807, 2.05) is 0 Å². The lowest BCUT2D eigenvalue weighted by Gasteiger charge is -2.06. The minimum Gasteiger partial charge on any atom is -0.449 e. The van der Waals surface area contributed by atoms with Gasteiger partial charge in [-0.2, -0.15) is 0 Å². The number of nitrogens with one attached hydrogen (secondary N) is 1. The van der Waals surface area contributed by atoms with Crippen LogP contribution in [0.4, 0.5) is 10.5 Å². The van der Waals surface area contributed by atoms with Crippen LogP contribution in [0.1, 0.15) is 6.42 Å². The van der Waals surface area contributed by atoms with Gasteiger partial charge in [-0.15, -0.1) is 0 Å². The quantitative estimate of drug-likeness (QED) is 0.679. The molecule has 0 unspecified atom stereocenters. The first-order valence-corrected chi connectivity index (χ1v) is 5.97. The van der Waals surface area contributed by atoms with Gasteiger partial charge in [-0.3, -0.25) is 5.32 Å². The number of amides is 1. The van der Waals surface area contributed by atoms with Crippen LogP contribution in [-0.2, 0) is 4.74 Å². The van der Waals surface area contributed by atoms with Crippen molar-refractivity contribution in [3.63, 3.8) is 0 Å². The zero-order valence-corrected chi connectivity index (χ0v) is 10.3. The van der Waals surface area contributed by atoms with Crippen LogP contribution >= 0.6 is 27.5 Å². The molecule has 1 amide bonds. The average molecular weight is 293 g/mol. The van der Waals surface area contributed by atoms with Gasteiger partial charge in [0.1, 0.15) is 0 Å². The summed E-state index contributed by atoms with van der Waals surface area (Å²) < 4.78 is 4.90. The predicted molar refractivity (Wildman–Crippen MR) is 64.8 cm³/mol. The van der Waals surface area contributed by atoms with Crippen LogP contribution in [-0.4, -0.2) is 18.0 Å². The maximum absolute atomic E-state index is 11.2. The molecule has 0 atom stereocenters. The molecule has 0 aromatic heterocycles. The van der Waals surface area contributed by atoms with Gasteiger partial charge in [-0.1, -0.05) is 33.6 Å². The van der Waals surface area contributed by atoms with Crippen LogP contribution in [0.3, 0.4) is 0 Å². The van der Waals surface area contributed by atoms with Gasteiger partial charge in [0.2, 0.25) is 0 Å². The maximum Gasteiger partial charge on any atom is 0.411 e. The van der Waals surface area contributed by atoms with E-state index >= 15 is 0 Å². The van der Waals surface area contributed by atoms with Crippen molar-refractivity contribution in [2.75, 3.05) is 17.3 Å². The fourth-order valence-electron chi connectivity index (χ4n) is 0.940. The second kappa shape index (κ2) is 6.69. The summed E-state index contributed by atoms with van der Waals surface area (Å²) in [4.78, 5) is 11.2. The SMILES string of the molecule is O=C(Nc1cccc(Cl)c1)OCCCBr. The molecule has 1 N–H and O–H groups in total. The van der Waals surface area contributed by atoms with E-state index in [4.69, 9.17) is 16.3 Å². The van der Waals surface area contributed by atoms with Crippen molar-refractivity contribution >= 4 is 39.3 Å². The summed E-state index contributed by atoms with van der Waals surface area (Å²) in [5.41, 5.74) is 0.631. The number of carbonyl (C=O) groups is 1. The third-order valence-electron chi connectivity index (χ3n) is 1.58. The summed E-state index contributed by atoms with van der Waals surface area (Å²) in [6.45, 7) is 0.400. The van der Waals surface area contributed by atoms with E-state index < -0.39 is 6.09 Å². The molecule has 0 aliphatic carbocycles. The lowest BCUT2D eigenvalue weighted by molar-refractivity contribution is 0.162. The summed E-state index contributed by atoms with van der Waals surface area (Å²) in [6, 6.07) is 6.91. The highest BCUT2D eigenvalue weighted by molar-refractivity contribution is 9.09. The van der Waals surface area contributed by atoms with Gasteiger partial charge in [0, 0.05) is 16.0 Å². The Bertz CT molecular complexity index is 333. The largest absolute Gasteiger partial charge is 0.449 e. The van der Waals surface area contributed by atoms with Crippen LogP contribution in [0, 0.1) is 0 Å². The fourth-order valence-corrected chi connectivity index (χ4v) is 1.36. The van der Waals surface area contributed by atoms with Gasteiger partial charge in [0.05, 0.1) is 6.61 Å². The van der Waals surface area contributed by atoms with Gasteiger partial charge in [-0.05, 0) is 24.6 Å². The van der Waals surface area contributed by atoms with E-state index in [0.717, 1.165) is 11.8 Å². The molecule has 1 rings (SSSR count). The molecule has 0 heterocycles. The van der Waals surface area contributed by atoms with Crippen LogP contribution in [0.2, 0.25) is 5.02 Å². The summed E-state index contributed by atoms with van der Waals surface area (Å²) in [6.07, 6.45) is 0.335. The first kappa shape index (κ1) is 12.3. The Labute approximate surface area is 102 Å². The predicted octanol–water partition coefficient (Wildman–Crippen LogP) is 3.67. The van der Waals surface area contributed by atoms with E-state index in [1.54, 1.807) is 24.3 Å². The van der Waals surface area contributed by atoms with Gasteiger partial charge < -0.3 is 4.74 Å². The molecular weight excluding hydrogens is 281 g/mol. The lowest BCUT2D eigenvalue weighted by Crippen LogP contribution is -2.14. The van der Waals surface area contributed by atoms with Crippen LogP contribution in [0.15, 0.2) is 24.3 Å². The molecule has 0 aliphatic rings. The second-order valence-electron chi connectivity index (χ2n) is 2.81. The molecule has 0 radical (unpaired) electrons. The number of hydrogen-bond acceptors (Lipinski definition) is 2. The van der Waals surface area contributed by atoms with Crippen molar-refractivity contribution < 1.29 is 9.53 Å². The highest BCUT2D eigenvalue weighted by Crippen LogP contribution is 2.14. The molecule has 3 nitrogen and oxygen atoms in total. The third-order valence-corrected chi connectivity index (χ3v) is 2.38. The molecule has 0 spiro atoms. The van der Waals surface area contributed by atoms with E-state index in [9.17, 15) is 4.79 Å². The van der Waals surface area contributed by atoms with Crippen LogP contribution in [0.25, 0.3) is 0 Å². The zero-order valence-electron chi connectivity index (χ0n) is 8.00. The number of halogens is 2. The summed E-state index contributed by atoms with van der Waals surface area (Å²) in [5, 5.41) is 3.97. The second-order valence-corrected chi connectivity index (χ2v) is 4.04. The Balaban J connectivity index is 2.37. The number of ether oxygens (including phenoxy) is 1. The molecule has 0 saturated heterocycles. The highest BCUT2D eigenvalue weighted by Gasteiger charge is 2.02. The smallest absolute Gasteiger partial charge is 0.411 e. The summed E-state index contributed by atoms with van der Waals surface area (Å²) >= 11 is 9.00. The van der Waals surface area contributed by atoms with Gasteiger partial charge >= 0.3 is 6.09 Å². The van der Waals surface area contributed by atoms with Gasteiger partial charge in [0.15, 0.2) is 0 Å². The molecule has 1 aromatic rings. The molecule has 0 aliphatic heterocycles. The Hall–Kier alpha value is -0.740. The molecule has 0 saturated carbocycles. The number of anilines is 1. The maximum atomic E-state index is 11.2. The van der Waals surface area contributed by atoms with Crippen molar-refractivity contribution in [2.24, 2.45) is 0 Å². The van der Waals surface area contributed by atoms with Crippen molar-refractivity contribution in [3.8, 4) is 0 Å². The van der Waals surface area contributed by atoms with Crippen molar-refractivity contribution in [2.45, 2.75) is 6.42 Å². The number of alkyl halides is 1. The monoisotopic (exact) mass is 291 g/mol. The summed E-state index contributed by atoms with van der Waals surface area (Å²) in [5.74, 6) is 0. The molecule has 0 fully saturated rings. The molecule has 15 heavy (non-hydrogen) atoms. The Morgan fingerprint density at radius 2 is 2.33 bits per heavy atom. The van der Waals surface area contributed by atoms with Crippen molar-refractivity contribution in [3.05, 3.63) is 29.3 Å². The fraction of sp³-hybridized carbons (Fsp3) is 0.300. The number of benzene rings is 1. The topological polar surface area (TPSA) is 38.3 Å². The average Bonchev–Trinajstić information content (AvgIpc) is 2.18. The first-order chi connectivity index (χ1) is 7.22. The van der Waals surface area contributed by atoms with Crippen LogP contribution < -0.4 is 5.32 Å². The van der Waals surface area contributed by atoms with Gasteiger partial charge in [-0.25, -0.2) is 4.79 Å². The molecule has 82 valence electrons. The molecule has 0 bridgehead atoms. The zero-order chi connectivity index (χ0) is 11.1. The Kier molecular flexibility index (Phi) is 5.50. The number of carbonyl (C=O) groups excluding carboxylic acids is 1.